The lowest BCUT2D eigenvalue weighted by Crippen LogP contribution is -2.29. The number of benzene rings is 2. The molecule has 3 N–H and O–H groups in total. The fraction of sp³-hybridized carbons (Fsp3) is 0.250. The monoisotopic (exact) mass is 336 g/mol. The topological polar surface area (TPSA) is 38.0 Å². The number of hydrazine groups is 1. The van der Waals surface area contributed by atoms with Crippen molar-refractivity contribution in [3.05, 3.63) is 69.4 Å². The Hall–Kier alpha value is -1.23. The molecule has 0 radical (unpaired) electrons. The molecule has 1 atom stereocenters. The molecule has 2 nitrogen and oxygen atoms in total. The van der Waals surface area contributed by atoms with Crippen molar-refractivity contribution >= 4 is 15.9 Å². The standard InChI is InChI=1S/C16H18BrFN2/c1-2-4-11-7-9-12(10-8-11)16(20-19)13-5-3-6-14(18)15(13)17/h3,5-10,16,20H,2,4,19H2,1H3. The van der Waals surface area contributed by atoms with E-state index in [1.165, 1.54) is 11.6 Å². The zero-order valence-electron chi connectivity index (χ0n) is 11.4. The molecule has 0 aliphatic carbocycles. The average molecular weight is 337 g/mol. The lowest BCUT2D eigenvalue weighted by molar-refractivity contribution is 0.597. The van der Waals surface area contributed by atoms with Gasteiger partial charge in [0.1, 0.15) is 5.82 Å². The Kier molecular flexibility index (Phi) is 5.29. The van der Waals surface area contributed by atoms with Crippen LogP contribution in [0.3, 0.4) is 0 Å². The van der Waals surface area contributed by atoms with Gasteiger partial charge in [0.2, 0.25) is 0 Å². The Bertz CT molecular complexity index is 569. The summed E-state index contributed by atoms with van der Waals surface area (Å²) in [5.74, 6) is 5.37. The van der Waals surface area contributed by atoms with Crippen molar-refractivity contribution in [2.24, 2.45) is 5.84 Å². The van der Waals surface area contributed by atoms with Crippen molar-refractivity contribution in [2.45, 2.75) is 25.8 Å². The maximum Gasteiger partial charge on any atom is 0.137 e. The third-order valence-electron chi connectivity index (χ3n) is 3.31. The molecule has 2 aromatic rings. The first-order chi connectivity index (χ1) is 9.67. The van der Waals surface area contributed by atoms with E-state index < -0.39 is 0 Å². The van der Waals surface area contributed by atoms with Gasteiger partial charge >= 0.3 is 0 Å². The van der Waals surface area contributed by atoms with Crippen LogP contribution >= 0.6 is 15.9 Å². The van der Waals surface area contributed by atoms with Crippen molar-refractivity contribution in [1.29, 1.82) is 0 Å². The highest BCUT2D eigenvalue weighted by Crippen LogP contribution is 2.30. The number of nitrogens with one attached hydrogen (secondary N) is 1. The molecule has 0 saturated heterocycles. The molecule has 4 heteroatoms. The van der Waals surface area contributed by atoms with E-state index in [1.54, 1.807) is 6.07 Å². The number of aryl methyl sites for hydroxylation is 1. The Morgan fingerprint density at radius 3 is 2.50 bits per heavy atom. The third-order valence-corrected chi connectivity index (χ3v) is 4.15. The number of halogens is 2. The van der Waals surface area contributed by atoms with Gasteiger partial charge in [0, 0.05) is 0 Å². The van der Waals surface area contributed by atoms with Gasteiger partial charge in [-0.3, -0.25) is 5.84 Å². The number of hydrogen-bond acceptors (Lipinski definition) is 2. The SMILES string of the molecule is CCCc1ccc(C(NN)c2cccc(F)c2Br)cc1. The van der Waals surface area contributed by atoms with Crippen molar-refractivity contribution in [2.75, 3.05) is 0 Å². The third kappa shape index (κ3) is 3.26. The summed E-state index contributed by atoms with van der Waals surface area (Å²) in [6, 6.07) is 13.0. The minimum Gasteiger partial charge on any atom is -0.271 e. The highest BCUT2D eigenvalue weighted by molar-refractivity contribution is 9.10. The smallest absolute Gasteiger partial charge is 0.137 e. The normalized spacial score (nSPS) is 12.4. The molecule has 20 heavy (non-hydrogen) atoms. The minimum atomic E-state index is -0.287. The van der Waals surface area contributed by atoms with Crippen LogP contribution in [0.4, 0.5) is 4.39 Å². The van der Waals surface area contributed by atoms with E-state index in [0.717, 1.165) is 24.0 Å². The van der Waals surface area contributed by atoms with Crippen LogP contribution in [-0.4, -0.2) is 0 Å². The van der Waals surface area contributed by atoms with Gasteiger partial charge in [-0.1, -0.05) is 49.7 Å². The molecular weight excluding hydrogens is 319 g/mol. The van der Waals surface area contributed by atoms with E-state index in [0.29, 0.717) is 4.47 Å². The first kappa shape index (κ1) is 15.2. The molecule has 0 saturated carbocycles. The van der Waals surface area contributed by atoms with Crippen LogP contribution in [0.25, 0.3) is 0 Å². The van der Waals surface area contributed by atoms with E-state index in [9.17, 15) is 4.39 Å². The number of rotatable bonds is 5. The largest absolute Gasteiger partial charge is 0.271 e. The summed E-state index contributed by atoms with van der Waals surface area (Å²) in [4.78, 5) is 0. The number of nitrogens with two attached hydrogens (primary N) is 1. The first-order valence-corrected chi connectivity index (χ1v) is 7.45. The van der Waals surface area contributed by atoms with Crippen molar-refractivity contribution in [3.63, 3.8) is 0 Å². The van der Waals surface area contributed by atoms with E-state index in [-0.39, 0.29) is 11.9 Å². The molecule has 0 bridgehead atoms. The van der Waals surface area contributed by atoms with E-state index in [4.69, 9.17) is 5.84 Å². The van der Waals surface area contributed by atoms with Gasteiger partial charge in [-0.25, -0.2) is 9.82 Å². The van der Waals surface area contributed by atoms with Crippen LogP contribution in [-0.2, 0) is 6.42 Å². The predicted molar refractivity (Wildman–Crippen MR) is 83.7 cm³/mol. The predicted octanol–water partition coefficient (Wildman–Crippen LogP) is 4.09. The van der Waals surface area contributed by atoms with Crippen molar-refractivity contribution in [1.82, 2.24) is 5.43 Å². The molecule has 0 aromatic heterocycles. The fourth-order valence-electron chi connectivity index (χ4n) is 2.27. The van der Waals surface area contributed by atoms with Crippen molar-refractivity contribution in [3.8, 4) is 0 Å². The van der Waals surface area contributed by atoms with Crippen LogP contribution in [0.15, 0.2) is 46.9 Å². The molecule has 0 amide bonds. The molecule has 0 spiro atoms. The summed E-state index contributed by atoms with van der Waals surface area (Å²) in [7, 11) is 0. The van der Waals surface area contributed by atoms with Crippen LogP contribution < -0.4 is 11.3 Å². The van der Waals surface area contributed by atoms with E-state index in [2.05, 4.69) is 40.4 Å². The summed E-state index contributed by atoms with van der Waals surface area (Å²) in [6.45, 7) is 2.15. The van der Waals surface area contributed by atoms with Crippen LogP contribution in [0.2, 0.25) is 0 Å². The maximum atomic E-state index is 13.6. The molecule has 2 aromatic carbocycles. The summed E-state index contributed by atoms with van der Waals surface area (Å²) in [5.41, 5.74) is 5.85. The van der Waals surface area contributed by atoms with E-state index >= 15 is 0 Å². The Balaban J connectivity index is 2.34. The average Bonchev–Trinajstić information content (AvgIpc) is 2.46. The van der Waals surface area contributed by atoms with Gasteiger partial charge in [0.25, 0.3) is 0 Å². The first-order valence-electron chi connectivity index (χ1n) is 6.66. The van der Waals surface area contributed by atoms with Crippen LogP contribution in [0.5, 0.6) is 0 Å². The van der Waals surface area contributed by atoms with Gasteiger partial charge in [-0.05, 0) is 45.1 Å². The molecule has 0 aliphatic rings. The fourth-order valence-corrected chi connectivity index (χ4v) is 2.77. The molecule has 0 aliphatic heterocycles. The second kappa shape index (κ2) is 6.97. The Labute approximate surface area is 127 Å². The van der Waals surface area contributed by atoms with Gasteiger partial charge in [0.15, 0.2) is 0 Å². The Morgan fingerprint density at radius 1 is 1.20 bits per heavy atom. The molecule has 106 valence electrons. The second-order valence-electron chi connectivity index (χ2n) is 4.73. The quantitative estimate of drug-likeness (QED) is 0.637. The van der Waals surface area contributed by atoms with Crippen LogP contribution in [0, 0.1) is 5.82 Å². The van der Waals surface area contributed by atoms with E-state index in [1.807, 2.05) is 18.2 Å². The summed E-state index contributed by atoms with van der Waals surface area (Å²) < 4.78 is 14.1. The van der Waals surface area contributed by atoms with Gasteiger partial charge in [0.05, 0.1) is 10.5 Å². The van der Waals surface area contributed by atoms with Gasteiger partial charge in [-0.15, -0.1) is 0 Å². The van der Waals surface area contributed by atoms with Crippen molar-refractivity contribution < 1.29 is 4.39 Å². The van der Waals surface area contributed by atoms with Crippen LogP contribution in [0.1, 0.15) is 36.1 Å². The summed E-state index contributed by atoms with van der Waals surface area (Å²) in [5, 5.41) is 0. The maximum absolute atomic E-state index is 13.6. The lowest BCUT2D eigenvalue weighted by Gasteiger charge is -2.19. The molecule has 0 fully saturated rings. The molecular formula is C16H18BrFN2. The molecule has 2 rings (SSSR count). The zero-order valence-corrected chi connectivity index (χ0v) is 13.0. The highest BCUT2D eigenvalue weighted by Gasteiger charge is 2.17. The number of hydrogen-bond donors (Lipinski definition) is 2. The lowest BCUT2D eigenvalue weighted by atomic mass is 9.97. The highest BCUT2D eigenvalue weighted by atomic mass is 79.9. The zero-order chi connectivity index (χ0) is 14.5. The molecule has 1 unspecified atom stereocenters. The summed E-state index contributed by atoms with van der Waals surface area (Å²) >= 11 is 3.29. The second-order valence-corrected chi connectivity index (χ2v) is 5.53. The minimum absolute atomic E-state index is 0.240. The molecule has 0 heterocycles. The Morgan fingerprint density at radius 2 is 1.90 bits per heavy atom. The summed E-state index contributed by atoms with van der Waals surface area (Å²) in [6.07, 6.45) is 2.18. The van der Waals surface area contributed by atoms with Gasteiger partial charge in [-0.2, -0.15) is 0 Å². The van der Waals surface area contributed by atoms with Gasteiger partial charge < -0.3 is 0 Å².